The van der Waals surface area contributed by atoms with Crippen molar-refractivity contribution in [1.29, 1.82) is 0 Å². The number of ether oxygens (including phenoxy) is 2. The van der Waals surface area contributed by atoms with Crippen LogP contribution in [0.3, 0.4) is 0 Å². The Labute approximate surface area is 115 Å². The van der Waals surface area contributed by atoms with Gasteiger partial charge in [-0.3, -0.25) is 9.59 Å². The number of aliphatic carboxylic acids is 1. The normalized spacial score (nSPS) is 20.2. The van der Waals surface area contributed by atoms with Crippen LogP contribution in [0.15, 0.2) is 18.2 Å². The quantitative estimate of drug-likeness (QED) is 0.888. The second kappa shape index (κ2) is 5.03. The largest absolute Gasteiger partial charge is 0.481 e. The first-order valence-corrected chi connectivity index (χ1v) is 6.52. The highest BCUT2D eigenvalue weighted by Gasteiger charge is 2.30. The summed E-state index contributed by atoms with van der Waals surface area (Å²) in [7, 11) is 0. The monoisotopic (exact) mass is 277 g/mol. The average Bonchev–Trinajstić information content (AvgIpc) is 3.07. The predicted molar refractivity (Wildman–Crippen MR) is 68.6 cm³/mol. The topological polar surface area (TPSA) is 76.1 Å². The summed E-state index contributed by atoms with van der Waals surface area (Å²) in [6.45, 7) is 1.03. The Bertz CT molecular complexity index is 556. The fraction of sp³-hybridized carbons (Fsp3) is 0.429. The van der Waals surface area contributed by atoms with Gasteiger partial charge in [-0.05, 0) is 24.1 Å². The number of benzene rings is 1. The highest BCUT2D eigenvalue weighted by Crippen LogP contribution is 2.32. The first-order valence-electron chi connectivity index (χ1n) is 6.52. The highest BCUT2D eigenvalue weighted by molar-refractivity contribution is 5.81. The van der Waals surface area contributed by atoms with Crippen LogP contribution in [0.2, 0.25) is 0 Å². The highest BCUT2D eigenvalue weighted by atomic mass is 16.7. The molecule has 3 rings (SSSR count). The van der Waals surface area contributed by atoms with Crippen molar-refractivity contribution in [3.05, 3.63) is 23.8 Å². The third kappa shape index (κ3) is 2.41. The van der Waals surface area contributed by atoms with Crippen LogP contribution < -0.4 is 9.47 Å². The van der Waals surface area contributed by atoms with Crippen LogP contribution in [0.4, 0.5) is 0 Å². The Balaban J connectivity index is 1.63. The van der Waals surface area contributed by atoms with Gasteiger partial charge in [0.15, 0.2) is 11.5 Å². The van der Waals surface area contributed by atoms with E-state index in [1.54, 1.807) is 17.0 Å². The Hall–Kier alpha value is -2.24. The van der Waals surface area contributed by atoms with Crippen LogP contribution in [0.5, 0.6) is 11.5 Å². The molecule has 0 unspecified atom stereocenters. The second-order valence-corrected chi connectivity index (χ2v) is 5.03. The van der Waals surface area contributed by atoms with Crippen molar-refractivity contribution < 1.29 is 24.2 Å². The summed E-state index contributed by atoms with van der Waals surface area (Å²) in [5, 5.41) is 8.94. The van der Waals surface area contributed by atoms with Crippen LogP contribution >= 0.6 is 0 Å². The summed E-state index contributed by atoms with van der Waals surface area (Å²) in [6, 6.07) is 5.41. The number of carbonyl (C=O) groups is 2. The number of carbonyl (C=O) groups excluding carboxylic acids is 1. The van der Waals surface area contributed by atoms with E-state index >= 15 is 0 Å². The van der Waals surface area contributed by atoms with Crippen LogP contribution in [0.1, 0.15) is 12.0 Å². The molecule has 1 atom stereocenters. The zero-order chi connectivity index (χ0) is 14.1. The maximum Gasteiger partial charge on any atom is 0.308 e. The standard InChI is InChI=1S/C14H15NO5/c16-13(15-4-3-10(7-15)14(17)18)6-9-1-2-11-12(5-9)20-8-19-11/h1-2,5,10H,3-4,6-8H2,(H,17,18)/t10-/m1/s1. The molecule has 0 aromatic heterocycles. The van der Waals surface area contributed by atoms with Gasteiger partial charge < -0.3 is 19.5 Å². The van der Waals surface area contributed by atoms with E-state index in [1.165, 1.54) is 0 Å². The zero-order valence-electron chi connectivity index (χ0n) is 10.9. The van der Waals surface area contributed by atoms with E-state index in [0.717, 1.165) is 5.56 Å². The van der Waals surface area contributed by atoms with Crippen molar-refractivity contribution in [1.82, 2.24) is 4.90 Å². The molecule has 0 spiro atoms. The Kier molecular flexibility index (Phi) is 3.22. The van der Waals surface area contributed by atoms with Gasteiger partial charge in [-0.15, -0.1) is 0 Å². The van der Waals surface area contributed by atoms with Gasteiger partial charge in [-0.1, -0.05) is 6.07 Å². The van der Waals surface area contributed by atoms with E-state index in [2.05, 4.69) is 0 Å². The maximum atomic E-state index is 12.1. The smallest absolute Gasteiger partial charge is 0.308 e. The Morgan fingerprint density at radius 3 is 2.85 bits per heavy atom. The summed E-state index contributed by atoms with van der Waals surface area (Å²) < 4.78 is 10.5. The van der Waals surface area contributed by atoms with Gasteiger partial charge in [-0.25, -0.2) is 0 Å². The Morgan fingerprint density at radius 2 is 2.10 bits per heavy atom. The van der Waals surface area contributed by atoms with Gasteiger partial charge in [0.2, 0.25) is 12.7 Å². The van der Waals surface area contributed by atoms with Crippen molar-refractivity contribution in [2.75, 3.05) is 19.9 Å². The summed E-state index contributed by atoms with van der Waals surface area (Å²) >= 11 is 0. The summed E-state index contributed by atoms with van der Waals surface area (Å²) in [5.41, 5.74) is 0.845. The molecule has 2 aliphatic rings. The van der Waals surface area contributed by atoms with E-state index in [4.69, 9.17) is 14.6 Å². The lowest BCUT2D eigenvalue weighted by molar-refractivity contribution is -0.141. The first-order chi connectivity index (χ1) is 9.63. The minimum absolute atomic E-state index is 0.0485. The van der Waals surface area contributed by atoms with Gasteiger partial charge in [-0.2, -0.15) is 0 Å². The number of carboxylic acid groups (broad SMARTS) is 1. The van der Waals surface area contributed by atoms with Crippen molar-refractivity contribution in [3.63, 3.8) is 0 Å². The molecular weight excluding hydrogens is 262 g/mol. The van der Waals surface area contributed by atoms with Gasteiger partial charge in [0.25, 0.3) is 0 Å². The SMILES string of the molecule is O=C(O)[C@@H]1CCN(C(=O)Cc2ccc3c(c2)OCO3)C1. The molecule has 2 aliphatic heterocycles. The second-order valence-electron chi connectivity index (χ2n) is 5.03. The molecule has 6 heteroatoms. The molecule has 1 aromatic rings. The minimum Gasteiger partial charge on any atom is -0.481 e. The third-order valence-electron chi connectivity index (χ3n) is 3.68. The summed E-state index contributed by atoms with van der Waals surface area (Å²) in [5.74, 6) is 0.0279. The van der Waals surface area contributed by atoms with E-state index < -0.39 is 11.9 Å². The molecule has 20 heavy (non-hydrogen) atoms. The minimum atomic E-state index is -0.830. The molecule has 1 amide bonds. The van der Waals surface area contributed by atoms with E-state index in [0.29, 0.717) is 31.0 Å². The number of rotatable bonds is 3. The van der Waals surface area contributed by atoms with Crippen molar-refractivity contribution in [3.8, 4) is 11.5 Å². The van der Waals surface area contributed by atoms with E-state index in [-0.39, 0.29) is 19.1 Å². The first kappa shape index (κ1) is 12.8. The molecule has 1 fully saturated rings. The molecule has 0 aliphatic carbocycles. The number of likely N-dealkylation sites (tertiary alicyclic amines) is 1. The summed E-state index contributed by atoms with van der Waals surface area (Å²) in [6.07, 6.45) is 0.783. The van der Waals surface area contributed by atoms with Crippen molar-refractivity contribution >= 4 is 11.9 Å². The number of fused-ring (bicyclic) bond motifs is 1. The Morgan fingerprint density at radius 1 is 1.30 bits per heavy atom. The lowest BCUT2D eigenvalue weighted by Gasteiger charge is -2.15. The number of nitrogens with zero attached hydrogens (tertiary/aromatic N) is 1. The number of hydrogen-bond donors (Lipinski definition) is 1. The fourth-order valence-electron chi connectivity index (χ4n) is 2.53. The lowest BCUT2D eigenvalue weighted by atomic mass is 10.1. The van der Waals surface area contributed by atoms with Crippen LogP contribution in [-0.2, 0) is 16.0 Å². The maximum absolute atomic E-state index is 12.1. The molecular formula is C14H15NO5. The molecule has 0 saturated carbocycles. The third-order valence-corrected chi connectivity index (χ3v) is 3.68. The van der Waals surface area contributed by atoms with Gasteiger partial charge in [0, 0.05) is 13.1 Å². The fourth-order valence-corrected chi connectivity index (χ4v) is 2.53. The molecule has 0 bridgehead atoms. The molecule has 6 nitrogen and oxygen atoms in total. The number of hydrogen-bond acceptors (Lipinski definition) is 4. The van der Waals surface area contributed by atoms with Crippen molar-refractivity contribution in [2.45, 2.75) is 12.8 Å². The predicted octanol–water partition coefficient (Wildman–Crippen LogP) is 0.891. The van der Waals surface area contributed by atoms with Gasteiger partial charge >= 0.3 is 5.97 Å². The molecule has 0 radical (unpaired) electrons. The van der Waals surface area contributed by atoms with Crippen LogP contribution in [-0.4, -0.2) is 41.8 Å². The lowest BCUT2D eigenvalue weighted by Crippen LogP contribution is -2.31. The zero-order valence-corrected chi connectivity index (χ0v) is 10.9. The molecule has 1 saturated heterocycles. The molecule has 1 aromatic carbocycles. The van der Waals surface area contributed by atoms with Crippen LogP contribution in [0, 0.1) is 5.92 Å². The average molecular weight is 277 g/mol. The van der Waals surface area contributed by atoms with Crippen LogP contribution in [0.25, 0.3) is 0 Å². The summed E-state index contributed by atoms with van der Waals surface area (Å²) in [4.78, 5) is 24.6. The van der Waals surface area contributed by atoms with Gasteiger partial charge in [0.1, 0.15) is 0 Å². The van der Waals surface area contributed by atoms with E-state index in [1.807, 2.05) is 6.07 Å². The number of amides is 1. The number of carboxylic acids is 1. The van der Waals surface area contributed by atoms with Crippen molar-refractivity contribution in [2.24, 2.45) is 5.92 Å². The van der Waals surface area contributed by atoms with Gasteiger partial charge in [0.05, 0.1) is 12.3 Å². The molecule has 2 heterocycles. The van der Waals surface area contributed by atoms with E-state index in [9.17, 15) is 9.59 Å². The molecule has 1 N–H and O–H groups in total. The molecule has 106 valence electrons.